The van der Waals surface area contributed by atoms with Crippen LogP contribution in [0.3, 0.4) is 0 Å². The van der Waals surface area contributed by atoms with Gasteiger partial charge in [0.1, 0.15) is 12.1 Å². The topological polar surface area (TPSA) is 193 Å². The molecule has 5 aromatic rings. The van der Waals surface area contributed by atoms with Crippen LogP contribution in [0.15, 0.2) is 85.3 Å². The maximum absolute atomic E-state index is 12.9. The third kappa shape index (κ3) is 10.0. The smallest absolute Gasteiger partial charge is 0.255 e. The zero-order valence-corrected chi connectivity index (χ0v) is 38.4. The number of piperidine rings is 2. The zero-order valence-electron chi connectivity index (χ0n) is 38.4. The van der Waals surface area contributed by atoms with E-state index in [2.05, 4.69) is 72.5 Å². The molecule has 0 bridgehead atoms. The van der Waals surface area contributed by atoms with Crippen LogP contribution in [0, 0.1) is 11.8 Å². The summed E-state index contributed by atoms with van der Waals surface area (Å²) in [6.45, 7) is 4.27. The lowest BCUT2D eigenvalue weighted by atomic mass is 9.85. The van der Waals surface area contributed by atoms with Crippen LogP contribution in [0.25, 0.3) is 10.9 Å². The fourth-order valence-corrected chi connectivity index (χ4v) is 11.4. The summed E-state index contributed by atoms with van der Waals surface area (Å²) in [4.78, 5) is 76.4. The minimum Gasteiger partial charge on any atom is -0.322 e. The van der Waals surface area contributed by atoms with E-state index < -0.39 is 12.1 Å². The van der Waals surface area contributed by atoms with Crippen molar-refractivity contribution in [2.45, 2.75) is 140 Å². The Hall–Kier alpha value is -6.52. The number of imide groups is 2. The van der Waals surface area contributed by atoms with Gasteiger partial charge in [-0.25, -0.2) is 0 Å². The quantitative estimate of drug-likeness (QED) is 0.122. The number of hydrogen-bond donors (Lipinski definition) is 4. The maximum Gasteiger partial charge on any atom is 0.255 e. The van der Waals surface area contributed by atoms with E-state index in [1.54, 1.807) is 9.80 Å². The number of para-hydroxylation sites is 1. The second-order valence-corrected chi connectivity index (χ2v) is 19.6. The Labute approximate surface area is 395 Å². The summed E-state index contributed by atoms with van der Waals surface area (Å²) in [6, 6.07) is 22.1. The molecule has 4 N–H and O–H groups in total. The fraction of sp³-hybridized carbons (Fsp3) is 0.462. The summed E-state index contributed by atoms with van der Waals surface area (Å²) in [5.41, 5.74) is 6.73. The first-order chi connectivity index (χ1) is 33.1. The van der Waals surface area contributed by atoms with Gasteiger partial charge in [0.25, 0.3) is 11.8 Å². The number of carbonyl (C=O) groups excluding carboxylic acids is 6. The van der Waals surface area contributed by atoms with E-state index in [1.807, 2.05) is 53.6 Å². The average molecular weight is 921 g/mol. The molecule has 2 aliphatic carbocycles. The SMILES string of the molecule is O=C1CCC(N2Cc3cc(CNC4CCCC(Cn5cccn5)C4)ccc3C2=O)C(=O)N1.O=C1CCC(N2Cc3cc(CNC4CCCC(Cn5ncc6ccccc65)C4)ccc3C2=O)C(=O)N1. The van der Waals surface area contributed by atoms with Gasteiger partial charge in [-0.1, -0.05) is 55.3 Å². The summed E-state index contributed by atoms with van der Waals surface area (Å²) in [5, 5.41) is 22.3. The van der Waals surface area contributed by atoms with Crippen molar-refractivity contribution in [2.75, 3.05) is 0 Å². The molecular formula is C52H60N10O6. The monoisotopic (exact) mass is 920 g/mol. The van der Waals surface area contributed by atoms with Gasteiger partial charge in [0.2, 0.25) is 23.6 Å². The number of nitrogens with one attached hydrogen (secondary N) is 4. The summed E-state index contributed by atoms with van der Waals surface area (Å²) in [6.07, 6.45) is 16.7. The first-order valence-electron chi connectivity index (χ1n) is 24.5. The highest BCUT2D eigenvalue weighted by Crippen LogP contribution is 2.32. The van der Waals surface area contributed by atoms with Crippen LogP contribution in [-0.4, -0.2) is 89.0 Å². The highest BCUT2D eigenvalue weighted by molar-refractivity contribution is 6.06. The lowest BCUT2D eigenvalue weighted by molar-refractivity contribution is -0.138. The molecule has 6 aliphatic rings. The third-order valence-electron chi connectivity index (χ3n) is 14.9. The molecule has 68 heavy (non-hydrogen) atoms. The van der Waals surface area contributed by atoms with E-state index in [-0.39, 0.29) is 48.3 Å². The van der Waals surface area contributed by atoms with Crippen LogP contribution >= 0.6 is 0 Å². The van der Waals surface area contributed by atoms with Crippen LogP contribution in [0.2, 0.25) is 0 Å². The third-order valence-corrected chi connectivity index (χ3v) is 14.9. The van der Waals surface area contributed by atoms with Crippen molar-refractivity contribution in [3.63, 3.8) is 0 Å². The highest BCUT2D eigenvalue weighted by atomic mass is 16.2. The molecule has 4 aliphatic heterocycles. The van der Waals surface area contributed by atoms with E-state index in [1.165, 1.54) is 49.4 Å². The van der Waals surface area contributed by atoms with Crippen LogP contribution in [0.4, 0.5) is 0 Å². The molecule has 4 fully saturated rings. The van der Waals surface area contributed by atoms with Crippen LogP contribution in [0.5, 0.6) is 0 Å². The largest absolute Gasteiger partial charge is 0.322 e. The van der Waals surface area contributed by atoms with Crippen LogP contribution in [-0.2, 0) is 58.4 Å². The molecule has 6 heterocycles. The number of carbonyl (C=O) groups is 6. The van der Waals surface area contributed by atoms with E-state index in [0.717, 1.165) is 61.3 Å². The van der Waals surface area contributed by atoms with E-state index in [9.17, 15) is 28.8 Å². The Kier molecular flexibility index (Phi) is 13.3. The van der Waals surface area contributed by atoms with E-state index in [4.69, 9.17) is 0 Å². The lowest BCUT2D eigenvalue weighted by Gasteiger charge is -2.30. The van der Waals surface area contributed by atoms with Crippen molar-refractivity contribution in [1.82, 2.24) is 50.6 Å². The summed E-state index contributed by atoms with van der Waals surface area (Å²) in [5.74, 6) is -0.284. The van der Waals surface area contributed by atoms with Gasteiger partial charge < -0.3 is 20.4 Å². The second-order valence-electron chi connectivity index (χ2n) is 19.6. The molecule has 2 saturated heterocycles. The van der Waals surface area contributed by atoms with Crippen molar-refractivity contribution in [3.05, 3.63) is 119 Å². The molecular weight excluding hydrogens is 861 g/mol. The van der Waals surface area contributed by atoms with Gasteiger partial charge in [-0.15, -0.1) is 0 Å². The van der Waals surface area contributed by atoms with Crippen molar-refractivity contribution in [1.29, 1.82) is 0 Å². The predicted molar refractivity (Wildman–Crippen MR) is 252 cm³/mol. The van der Waals surface area contributed by atoms with Gasteiger partial charge in [-0.05, 0) is 110 Å². The molecule has 11 rings (SSSR count). The Morgan fingerprint density at radius 2 is 1.16 bits per heavy atom. The van der Waals surface area contributed by atoms with E-state index >= 15 is 0 Å². The molecule has 0 spiro atoms. The molecule has 16 heteroatoms. The van der Waals surface area contributed by atoms with Gasteiger partial charge in [-0.3, -0.25) is 48.8 Å². The normalized spacial score (nSPS) is 24.9. The van der Waals surface area contributed by atoms with Gasteiger partial charge >= 0.3 is 0 Å². The number of benzene rings is 3. The average Bonchev–Trinajstić information content (AvgIpc) is 4.15. The minimum absolute atomic E-state index is 0.122. The molecule has 2 aromatic heterocycles. The standard InChI is InChI=1S/C28H31N5O3.C24H29N5O3/c34-26-11-10-25(27(35)31-26)32-17-21-12-18(8-9-23(21)28(32)36)14-29-22-6-3-4-19(13-22)16-33-24-7-2-1-5-20(24)15-30-33;30-22-8-7-21(23(31)27-22)29-15-18-11-16(5-6-20(18)24(29)32)13-25-19-4-1-3-17(12-19)14-28-10-2-9-26-28/h1-2,5,7-9,12,15,19,22,25,29H,3-4,6,10-11,13-14,16-17H2,(H,31,34,35);2,5-6,9-11,17,19,21,25H,1,3-4,7-8,12-15H2,(H,27,30,31). The second kappa shape index (κ2) is 20.0. The van der Waals surface area contributed by atoms with Gasteiger partial charge in [0, 0.05) is 93.1 Å². The summed E-state index contributed by atoms with van der Waals surface area (Å²) in [7, 11) is 0. The van der Waals surface area contributed by atoms with Crippen LogP contribution in [0.1, 0.15) is 120 Å². The minimum atomic E-state index is -0.574. The zero-order chi connectivity index (χ0) is 46.7. The number of nitrogens with zero attached hydrogens (tertiary/aromatic N) is 6. The summed E-state index contributed by atoms with van der Waals surface area (Å²) >= 11 is 0. The molecule has 2 saturated carbocycles. The molecule has 6 atom stereocenters. The maximum atomic E-state index is 12.9. The summed E-state index contributed by atoms with van der Waals surface area (Å²) < 4.78 is 4.17. The van der Waals surface area contributed by atoms with Crippen LogP contribution < -0.4 is 21.3 Å². The number of hydrogen-bond acceptors (Lipinski definition) is 10. The van der Waals surface area contributed by atoms with Crippen molar-refractivity contribution in [3.8, 4) is 0 Å². The number of fused-ring (bicyclic) bond motifs is 3. The van der Waals surface area contributed by atoms with Gasteiger partial charge in [0.15, 0.2) is 0 Å². The Morgan fingerprint density at radius 1 is 0.603 bits per heavy atom. The van der Waals surface area contributed by atoms with Gasteiger partial charge in [0.05, 0.1) is 11.7 Å². The van der Waals surface area contributed by atoms with E-state index in [0.29, 0.717) is 61.0 Å². The molecule has 16 nitrogen and oxygen atoms in total. The predicted octanol–water partition coefficient (Wildman–Crippen LogP) is 5.14. The Balaban J connectivity index is 0.000000160. The van der Waals surface area contributed by atoms with Gasteiger partial charge in [-0.2, -0.15) is 10.2 Å². The number of amides is 6. The lowest BCUT2D eigenvalue weighted by Crippen LogP contribution is -2.52. The van der Waals surface area contributed by atoms with Crippen molar-refractivity contribution in [2.24, 2.45) is 11.8 Å². The molecule has 354 valence electrons. The number of rotatable bonds is 12. The molecule has 0 radical (unpaired) electrons. The highest BCUT2D eigenvalue weighted by Gasteiger charge is 2.40. The first kappa shape index (κ1) is 45.3. The number of aromatic nitrogens is 4. The molecule has 6 unspecified atom stereocenters. The Bertz CT molecular complexity index is 2710. The van der Waals surface area contributed by atoms with Crippen molar-refractivity contribution < 1.29 is 28.8 Å². The molecule has 3 aromatic carbocycles. The van der Waals surface area contributed by atoms with Crippen molar-refractivity contribution >= 4 is 46.3 Å². The fourth-order valence-electron chi connectivity index (χ4n) is 11.4. The first-order valence-corrected chi connectivity index (χ1v) is 24.5. The molecule has 6 amide bonds. The Morgan fingerprint density at radius 3 is 1.71 bits per heavy atom.